The maximum absolute atomic E-state index is 12.9. The maximum atomic E-state index is 12.9. The number of halogens is 4. The largest absolute Gasteiger partial charge is 0.406 e. The molecule has 0 atom stereocenters. The normalized spacial score (nSPS) is 12.3. The average Bonchev–Trinajstić information content (AvgIpc) is 2.53. The third kappa shape index (κ3) is 2.40. The first-order valence-corrected chi connectivity index (χ1v) is 5.12. The van der Waals surface area contributed by atoms with E-state index in [1.165, 1.54) is 6.07 Å². The van der Waals surface area contributed by atoms with Gasteiger partial charge in [0.25, 0.3) is 0 Å². The summed E-state index contributed by atoms with van der Waals surface area (Å²) in [6, 6.07) is 3.60. The second-order valence-corrected chi connectivity index (χ2v) is 3.72. The standard InChI is InChI=1S/C11H10F4N2/c1-2-10-16-8-5-7(12)3-4-9(8)17(10)6-11(13,14)15/h3-5H,2,6H2,1H3. The van der Waals surface area contributed by atoms with E-state index in [1.807, 2.05) is 0 Å². The van der Waals surface area contributed by atoms with Gasteiger partial charge in [-0.15, -0.1) is 0 Å². The van der Waals surface area contributed by atoms with Crippen LogP contribution in [-0.4, -0.2) is 15.7 Å². The van der Waals surface area contributed by atoms with Crippen LogP contribution in [-0.2, 0) is 13.0 Å². The first-order valence-electron chi connectivity index (χ1n) is 5.12. The Bertz CT molecular complexity index is 542. The molecule has 6 heteroatoms. The molecule has 0 radical (unpaired) electrons. The van der Waals surface area contributed by atoms with Gasteiger partial charge in [-0.25, -0.2) is 9.37 Å². The van der Waals surface area contributed by atoms with Crippen LogP contribution in [0.5, 0.6) is 0 Å². The zero-order valence-corrected chi connectivity index (χ0v) is 9.05. The number of nitrogens with zero attached hydrogens (tertiary/aromatic N) is 2. The van der Waals surface area contributed by atoms with Crippen LogP contribution in [0, 0.1) is 5.82 Å². The van der Waals surface area contributed by atoms with E-state index >= 15 is 0 Å². The fourth-order valence-electron chi connectivity index (χ4n) is 1.78. The van der Waals surface area contributed by atoms with Crippen molar-refractivity contribution in [3.05, 3.63) is 29.8 Å². The Morgan fingerprint density at radius 2 is 2.00 bits per heavy atom. The molecule has 0 bridgehead atoms. The Labute approximate surface area is 94.9 Å². The van der Waals surface area contributed by atoms with Crippen molar-refractivity contribution in [2.24, 2.45) is 0 Å². The number of benzene rings is 1. The number of aryl methyl sites for hydroxylation is 1. The third-order valence-electron chi connectivity index (χ3n) is 2.44. The molecule has 0 fully saturated rings. The van der Waals surface area contributed by atoms with E-state index < -0.39 is 18.5 Å². The van der Waals surface area contributed by atoms with Gasteiger partial charge in [-0.3, -0.25) is 0 Å². The molecule has 0 spiro atoms. The van der Waals surface area contributed by atoms with Crippen molar-refractivity contribution in [1.29, 1.82) is 0 Å². The summed E-state index contributed by atoms with van der Waals surface area (Å²) < 4.78 is 51.3. The zero-order valence-electron chi connectivity index (χ0n) is 9.05. The number of imidazole rings is 1. The lowest BCUT2D eigenvalue weighted by Crippen LogP contribution is -2.19. The lowest BCUT2D eigenvalue weighted by molar-refractivity contribution is -0.140. The van der Waals surface area contributed by atoms with Crippen LogP contribution in [0.1, 0.15) is 12.7 Å². The molecule has 0 aliphatic heterocycles. The van der Waals surface area contributed by atoms with Crippen LogP contribution in [0.2, 0.25) is 0 Å². The summed E-state index contributed by atoms with van der Waals surface area (Å²) in [5, 5.41) is 0. The minimum Gasteiger partial charge on any atom is -0.319 e. The highest BCUT2D eigenvalue weighted by Gasteiger charge is 2.29. The topological polar surface area (TPSA) is 17.8 Å². The predicted molar refractivity (Wildman–Crippen MR) is 55.1 cm³/mol. The maximum Gasteiger partial charge on any atom is 0.406 e. The molecule has 2 aromatic rings. The Balaban J connectivity index is 2.58. The van der Waals surface area contributed by atoms with Crippen LogP contribution >= 0.6 is 0 Å². The van der Waals surface area contributed by atoms with Gasteiger partial charge in [0, 0.05) is 12.5 Å². The van der Waals surface area contributed by atoms with Crippen LogP contribution in [0.4, 0.5) is 17.6 Å². The molecule has 17 heavy (non-hydrogen) atoms. The van der Waals surface area contributed by atoms with E-state index in [1.54, 1.807) is 6.92 Å². The fraction of sp³-hybridized carbons (Fsp3) is 0.364. The van der Waals surface area contributed by atoms with Gasteiger partial charge < -0.3 is 4.57 Å². The van der Waals surface area contributed by atoms with Crippen LogP contribution in [0.3, 0.4) is 0 Å². The van der Waals surface area contributed by atoms with Gasteiger partial charge in [0.2, 0.25) is 0 Å². The molecule has 1 aromatic carbocycles. The second-order valence-electron chi connectivity index (χ2n) is 3.72. The van der Waals surface area contributed by atoms with E-state index in [0.29, 0.717) is 17.8 Å². The molecule has 0 aliphatic carbocycles. The van der Waals surface area contributed by atoms with Crippen molar-refractivity contribution in [3.8, 4) is 0 Å². The molecule has 2 nitrogen and oxygen atoms in total. The van der Waals surface area contributed by atoms with Gasteiger partial charge in [0.05, 0.1) is 11.0 Å². The van der Waals surface area contributed by atoms with Crippen molar-refractivity contribution in [3.63, 3.8) is 0 Å². The van der Waals surface area contributed by atoms with Crippen LogP contribution in [0.15, 0.2) is 18.2 Å². The lowest BCUT2D eigenvalue weighted by Gasteiger charge is -2.10. The van der Waals surface area contributed by atoms with E-state index in [2.05, 4.69) is 4.98 Å². The molecule has 0 saturated carbocycles. The van der Waals surface area contributed by atoms with E-state index in [-0.39, 0.29) is 5.52 Å². The van der Waals surface area contributed by atoms with Crippen molar-refractivity contribution in [2.45, 2.75) is 26.1 Å². The van der Waals surface area contributed by atoms with Gasteiger partial charge >= 0.3 is 6.18 Å². The minimum absolute atomic E-state index is 0.256. The summed E-state index contributed by atoms with van der Waals surface area (Å²) in [5.41, 5.74) is 0.562. The quantitative estimate of drug-likeness (QED) is 0.743. The molecule has 1 heterocycles. The average molecular weight is 246 g/mol. The van der Waals surface area contributed by atoms with Crippen LogP contribution in [0.25, 0.3) is 11.0 Å². The summed E-state index contributed by atoms with van der Waals surface area (Å²) in [4.78, 5) is 4.00. The molecule has 2 rings (SSSR count). The Kier molecular flexibility index (Phi) is 2.81. The molecule has 92 valence electrons. The number of rotatable bonds is 2. The highest BCUT2D eigenvalue weighted by atomic mass is 19.4. The Morgan fingerprint density at radius 3 is 2.59 bits per heavy atom. The van der Waals surface area contributed by atoms with Gasteiger partial charge in [-0.05, 0) is 12.1 Å². The molecule has 0 amide bonds. The third-order valence-corrected chi connectivity index (χ3v) is 2.44. The van der Waals surface area contributed by atoms with Crippen molar-refractivity contribution in [1.82, 2.24) is 9.55 Å². The summed E-state index contributed by atoms with van der Waals surface area (Å²) in [5.74, 6) is -0.195. The van der Waals surface area contributed by atoms with Crippen LogP contribution < -0.4 is 0 Å². The Hall–Kier alpha value is -1.59. The summed E-state index contributed by atoms with van der Waals surface area (Å²) >= 11 is 0. The van der Waals surface area contributed by atoms with E-state index in [0.717, 1.165) is 16.7 Å². The second kappa shape index (κ2) is 4.01. The fourth-order valence-corrected chi connectivity index (χ4v) is 1.78. The molecular formula is C11H10F4N2. The zero-order chi connectivity index (χ0) is 12.6. The van der Waals surface area contributed by atoms with E-state index in [4.69, 9.17) is 0 Å². The summed E-state index contributed by atoms with van der Waals surface area (Å²) in [6.45, 7) is 0.614. The first-order chi connectivity index (χ1) is 7.90. The molecular weight excluding hydrogens is 236 g/mol. The summed E-state index contributed by atoms with van der Waals surface area (Å²) in [6.07, 6.45) is -3.95. The molecule has 0 saturated heterocycles. The van der Waals surface area contributed by atoms with Crippen molar-refractivity contribution >= 4 is 11.0 Å². The molecule has 0 aliphatic rings. The number of aromatic nitrogens is 2. The smallest absolute Gasteiger partial charge is 0.319 e. The van der Waals surface area contributed by atoms with Crippen molar-refractivity contribution < 1.29 is 17.6 Å². The first kappa shape index (κ1) is 11.9. The van der Waals surface area contributed by atoms with Gasteiger partial charge in [-0.2, -0.15) is 13.2 Å². The number of fused-ring (bicyclic) bond motifs is 1. The monoisotopic (exact) mass is 246 g/mol. The number of hydrogen-bond donors (Lipinski definition) is 0. The van der Waals surface area contributed by atoms with Gasteiger partial charge in [0.15, 0.2) is 0 Å². The predicted octanol–water partition coefficient (Wildman–Crippen LogP) is 3.30. The number of alkyl halides is 3. The lowest BCUT2D eigenvalue weighted by atomic mass is 10.3. The molecule has 0 N–H and O–H groups in total. The highest BCUT2D eigenvalue weighted by molar-refractivity contribution is 5.76. The Morgan fingerprint density at radius 1 is 1.29 bits per heavy atom. The van der Waals surface area contributed by atoms with Gasteiger partial charge in [0.1, 0.15) is 18.2 Å². The minimum atomic E-state index is -4.31. The molecule has 0 unspecified atom stereocenters. The summed E-state index contributed by atoms with van der Waals surface area (Å²) in [7, 11) is 0. The van der Waals surface area contributed by atoms with Crippen molar-refractivity contribution in [2.75, 3.05) is 0 Å². The number of hydrogen-bond acceptors (Lipinski definition) is 1. The SMILES string of the molecule is CCc1nc2cc(F)ccc2n1CC(F)(F)F. The van der Waals surface area contributed by atoms with Gasteiger partial charge in [-0.1, -0.05) is 6.92 Å². The highest BCUT2D eigenvalue weighted by Crippen LogP contribution is 2.24. The molecule has 1 aromatic heterocycles. The van der Waals surface area contributed by atoms with E-state index in [9.17, 15) is 17.6 Å².